The van der Waals surface area contributed by atoms with Crippen LogP contribution in [-0.2, 0) is 14.3 Å². The van der Waals surface area contributed by atoms with Gasteiger partial charge in [0.25, 0.3) is 0 Å². The molecule has 1 aliphatic heterocycles. The maximum atomic E-state index is 11.5. The van der Waals surface area contributed by atoms with Crippen molar-refractivity contribution in [3.05, 3.63) is 11.3 Å². The Hall–Kier alpha value is -1.12. The van der Waals surface area contributed by atoms with Crippen molar-refractivity contribution >= 4 is 11.8 Å². The highest BCUT2D eigenvalue weighted by atomic mass is 16.5. The number of carbonyl (C=O) groups excluding carboxylic acids is 2. The van der Waals surface area contributed by atoms with E-state index in [9.17, 15) is 9.59 Å². The van der Waals surface area contributed by atoms with Crippen molar-refractivity contribution in [3.63, 3.8) is 0 Å². The molecule has 0 spiro atoms. The van der Waals surface area contributed by atoms with E-state index in [2.05, 4.69) is 6.92 Å². The smallest absolute Gasteiger partial charge is 0.311 e. The highest BCUT2D eigenvalue weighted by Gasteiger charge is 2.17. The van der Waals surface area contributed by atoms with Gasteiger partial charge in [-0.25, -0.2) is 0 Å². The van der Waals surface area contributed by atoms with Crippen LogP contribution in [-0.4, -0.2) is 11.8 Å². The van der Waals surface area contributed by atoms with Crippen LogP contribution in [0.15, 0.2) is 11.3 Å². The van der Waals surface area contributed by atoms with Gasteiger partial charge in [0, 0.05) is 19.3 Å². The number of unbranched alkanes of at least 4 members (excludes halogenated alkanes) is 3. The molecule has 1 heterocycles. The van der Waals surface area contributed by atoms with E-state index in [1.54, 1.807) is 0 Å². The van der Waals surface area contributed by atoms with Gasteiger partial charge in [0.2, 0.25) is 0 Å². The highest BCUT2D eigenvalue weighted by Crippen LogP contribution is 2.21. The van der Waals surface area contributed by atoms with Gasteiger partial charge < -0.3 is 4.74 Å². The number of hydrogen-bond donors (Lipinski definition) is 0. The zero-order valence-corrected chi connectivity index (χ0v) is 10.9. The summed E-state index contributed by atoms with van der Waals surface area (Å²) in [6.45, 7) is 4.06. The average molecular weight is 238 g/mol. The number of rotatable bonds is 5. The molecule has 0 aromatic carbocycles. The lowest BCUT2D eigenvalue weighted by atomic mass is 10.0. The SMILES string of the molecule is CCCCCC/C1=C(\C)CC(=O)CCC(=O)O1. The van der Waals surface area contributed by atoms with Crippen LogP contribution in [0.1, 0.15) is 65.2 Å². The molecule has 0 aromatic heterocycles. The average Bonchev–Trinajstić information content (AvgIpc) is 2.29. The van der Waals surface area contributed by atoms with Crippen molar-refractivity contribution < 1.29 is 14.3 Å². The summed E-state index contributed by atoms with van der Waals surface area (Å²) < 4.78 is 5.32. The van der Waals surface area contributed by atoms with Crippen LogP contribution in [0.5, 0.6) is 0 Å². The van der Waals surface area contributed by atoms with Crippen molar-refractivity contribution in [2.24, 2.45) is 0 Å². The molecule has 0 radical (unpaired) electrons. The Bertz CT molecular complexity index is 315. The van der Waals surface area contributed by atoms with Crippen molar-refractivity contribution in [2.75, 3.05) is 0 Å². The third-order valence-corrected chi connectivity index (χ3v) is 3.04. The monoisotopic (exact) mass is 238 g/mol. The Kier molecular flexibility index (Phi) is 5.95. The highest BCUT2D eigenvalue weighted by molar-refractivity contribution is 5.85. The molecular formula is C14H22O3. The fourth-order valence-corrected chi connectivity index (χ4v) is 1.98. The third kappa shape index (κ3) is 5.16. The van der Waals surface area contributed by atoms with Crippen LogP contribution in [0.3, 0.4) is 0 Å². The minimum atomic E-state index is -0.261. The van der Waals surface area contributed by atoms with Crippen LogP contribution >= 0.6 is 0 Å². The fourth-order valence-electron chi connectivity index (χ4n) is 1.98. The molecule has 0 saturated carbocycles. The van der Waals surface area contributed by atoms with E-state index in [0.29, 0.717) is 12.8 Å². The molecule has 0 aliphatic carbocycles. The molecule has 0 unspecified atom stereocenters. The predicted molar refractivity (Wildman–Crippen MR) is 66.4 cm³/mol. The lowest BCUT2D eigenvalue weighted by molar-refractivity contribution is -0.141. The molecule has 96 valence electrons. The van der Waals surface area contributed by atoms with E-state index < -0.39 is 0 Å². The van der Waals surface area contributed by atoms with E-state index in [4.69, 9.17) is 4.74 Å². The van der Waals surface area contributed by atoms with E-state index in [-0.39, 0.29) is 18.2 Å². The molecule has 0 aromatic rings. The molecule has 0 atom stereocenters. The lowest BCUT2D eigenvalue weighted by Crippen LogP contribution is -2.13. The van der Waals surface area contributed by atoms with Crippen LogP contribution in [0.25, 0.3) is 0 Å². The van der Waals surface area contributed by atoms with Gasteiger partial charge in [-0.3, -0.25) is 9.59 Å². The number of ketones is 1. The number of Topliss-reactive ketones (excluding diaryl/α,β-unsaturated/α-hetero) is 1. The summed E-state index contributed by atoms with van der Waals surface area (Å²) in [5.41, 5.74) is 0.930. The minimum Gasteiger partial charge on any atom is -0.431 e. The zero-order valence-electron chi connectivity index (χ0n) is 10.9. The molecule has 0 N–H and O–H groups in total. The van der Waals surface area contributed by atoms with E-state index in [0.717, 1.165) is 30.6 Å². The summed E-state index contributed by atoms with van der Waals surface area (Å²) in [7, 11) is 0. The van der Waals surface area contributed by atoms with Crippen molar-refractivity contribution in [1.29, 1.82) is 0 Å². The number of carbonyl (C=O) groups is 2. The fraction of sp³-hybridized carbons (Fsp3) is 0.714. The van der Waals surface area contributed by atoms with Gasteiger partial charge in [0.05, 0.1) is 6.42 Å². The number of cyclic esters (lactones) is 1. The van der Waals surface area contributed by atoms with Crippen LogP contribution < -0.4 is 0 Å². The van der Waals surface area contributed by atoms with Crippen molar-refractivity contribution in [1.82, 2.24) is 0 Å². The minimum absolute atomic E-state index is 0.144. The maximum absolute atomic E-state index is 11.5. The molecule has 1 rings (SSSR count). The van der Waals surface area contributed by atoms with Crippen LogP contribution in [0, 0.1) is 0 Å². The normalized spacial score (nSPS) is 22.0. The number of ether oxygens (including phenoxy) is 1. The summed E-state index contributed by atoms with van der Waals surface area (Å²) in [6.07, 6.45) is 6.35. The Morgan fingerprint density at radius 1 is 1.12 bits per heavy atom. The molecule has 0 amide bonds. The van der Waals surface area contributed by atoms with E-state index in [1.165, 1.54) is 12.8 Å². The first kappa shape index (κ1) is 13.9. The summed E-state index contributed by atoms with van der Waals surface area (Å²) >= 11 is 0. The second-order valence-corrected chi connectivity index (χ2v) is 4.70. The van der Waals surface area contributed by atoms with Gasteiger partial charge in [0.1, 0.15) is 11.5 Å². The third-order valence-electron chi connectivity index (χ3n) is 3.04. The Morgan fingerprint density at radius 2 is 1.88 bits per heavy atom. The quantitative estimate of drug-likeness (QED) is 0.543. The van der Waals surface area contributed by atoms with Crippen molar-refractivity contribution in [3.8, 4) is 0 Å². The molecule has 17 heavy (non-hydrogen) atoms. The lowest BCUT2D eigenvalue weighted by Gasteiger charge is -2.15. The Labute approximate surface area is 103 Å². The van der Waals surface area contributed by atoms with Gasteiger partial charge in [0.15, 0.2) is 0 Å². The van der Waals surface area contributed by atoms with Gasteiger partial charge in [-0.1, -0.05) is 26.2 Å². The summed E-state index contributed by atoms with van der Waals surface area (Å²) in [4.78, 5) is 22.9. The molecule has 3 heteroatoms. The molecule has 3 nitrogen and oxygen atoms in total. The second kappa shape index (κ2) is 7.25. The zero-order chi connectivity index (χ0) is 12.7. The number of esters is 1. The Morgan fingerprint density at radius 3 is 2.59 bits per heavy atom. The van der Waals surface area contributed by atoms with Crippen LogP contribution in [0.2, 0.25) is 0 Å². The molecule has 0 saturated heterocycles. The van der Waals surface area contributed by atoms with E-state index >= 15 is 0 Å². The van der Waals surface area contributed by atoms with Gasteiger partial charge in [-0.05, 0) is 18.9 Å². The second-order valence-electron chi connectivity index (χ2n) is 4.70. The molecule has 0 bridgehead atoms. The summed E-state index contributed by atoms with van der Waals surface area (Å²) in [5, 5.41) is 0. The van der Waals surface area contributed by atoms with Gasteiger partial charge in [-0.2, -0.15) is 0 Å². The van der Waals surface area contributed by atoms with Crippen molar-refractivity contribution in [2.45, 2.75) is 65.2 Å². The topological polar surface area (TPSA) is 43.4 Å². The number of hydrogen-bond acceptors (Lipinski definition) is 3. The van der Waals surface area contributed by atoms with Crippen LogP contribution in [0.4, 0.5) is 0 Å². The Balaban J connectivity index is 2.56. The largest absolute Gasteiger partial charge is 0.431 e. The summed E-state index contributed by atoms with van der Waals surface area (Å²) in [6, 6.07) is 0. The maximum Gasteiger partial charge on any atom is 0.311 e. The molecule has 1 aliphatic rings. The number of allylic oxidation sites excluding steroid dienone is 2. The standard InChI is InChI=1S/C14H22O3/c1-3-4-5-6-7-13-11(2)10-12(15)8-9-14(16)17-13/h3-10H2,1-2H3/b13-11-. The first-order chi connectivity index (χ1) is 8.13. The van der Waals surface area contributed by atoms with E-state index in [1.807, 2.05) is 6.92 Å². The van der Waals surface area contributed by atoms with Gasteiger partial charge >= 0.3 is 5.97 Å². The predicted octanol–water partition coefficient (Wildman–Crippen LogP) is 3.53. The first-order valence-electron chi connectivity index (χ1n) is 6.54. The first-order valence-corrected chi connectivity index (χ1v) is 6.54. The molecular weight excluding hydrogens is 216 g/mol. The van der Waals surface area contributed by atoms with Gasteiger partial charge in [-0.15, -0.1) is 0 Å². The summed E-state index contributed by atoms with van der Waals surface area (Å²) in [5.74, 6) is 0.618. The molecule has 0 fully saturated rings.